The molecule has 0 spiro atoms. The van der Waals surface area contributed by atoms with Crippen molar-refractivity contribution < 1.29 is 26.4 Å². The zero-order chi connectivity index (χ0) is 33.7. The number of allylic oxidation sites excluding steroid dienone is 4. The molecule has 4 aliphatic rings. The third-order valence-corrected chi connectivity index (χ3v) is 14.6. The standard InChI is InChI=1S/C33H36Cl2N4O6S2/c1-22-6-9-29-24(18-22)20-45-32(40)39(29)27-12-16-38(17-13-27)47(43,44)31-5-3-4-23(2)33(31,21-36)25-10-14-37(15-11-25)46(41,42)30-19-26(34)7-8-28(30)35/h4-9,18-19,25,27H,3,10-17,20H2,1-2H3. The number of halogens is 2. The lowest BCUT2D eigenvalue weighted by Crippen LogP contribution is -2.52. The number of cyclic esters (lactones) is 1. The molecule has 0 bridgehead atoms. The van der Waals surface area contributed by atoms with Crippen LogP contribution in [0.15, 0.2) is 63.9 Å². The Morgan fingerprint density at radius 2 is 1.55 bits per heavy atom. The average molecular weight is 720 g/mol. The summed E-state index contributed by atoms with van der Waals surface area (Å²) in [4.78, 5) is 14.5. The highest BCUT2D eigenvalue weighted by atomic mass is 35.5. The fourth-order valence-electron chi connectivity index (χ4n) is 7.47. The number of fused-ring (bicyclic) bond motifs is 1. The molecule has 0 saturated carbocycles. The van der Waals surface area contributed by atoms with E-state index in [2.05, 4.69) is 6.07 Å². The maximum absolute atomic E-state index is 14.4. The monoisotopic (exact) mass is 718 g/mol. The van der Waals surface area contributed by atoms with E-state index >= 15 is 0 Å². The summed E-state index contributed by atoms with van der Waals surface area (Å²) in [6, 6.07) is 12.3. The smallest absolute Gasteiger partial charge is 0.414 e. The van der Waals surface area contributed by atoms with Crippen molar-refractivity contribution in [1.82, 2.24) is 8.61 Å². The third-order valence-electron chi connectivity index (χ3n) is 9.94. The molecule has 3 aliphatic heterocycles. The number of benzene rings is 2. The summed E-state index contributed by atoms with van der Waals surface area (Å²) in [5.74, 6) is -0.438. The van der Waals surface area contributed by atoms with Gasteiger partial charge in [-0.3, -0.25) is 4.90 Å². The SMILES string of the molecule is CC1=CCC=C(S(=O)(=O)N2CCC(N3C(=O)OCc4cc(C)ccc43)CC2)C1(C#N)C1CCN(S(=O)(=O)c2cc(Cl)ccc2Cl)CC1. The predicted octanol–water partition coefficient (Wildman–Crippen LogP) is 6.40. The van der Waals surface area contributed by atoms with Crippen LogP contribution in [0.25, 0.3) is 0 Å². The molecule has 2 fully saturated rings. The molecule has 47 heavy (non-hydrogen) atoms. The zero-order valence-electron chi connectivity index (χ0n) is 26.2. The fourth-order valence-corrected chi connectivity index (χ4v) is 11.7. The number of piperidine rings is 2. The number of carbonyl (C=O) groups excluding carboxylic acids is 1. The molecule has 1 aliphatic carbocycles. The first-order valence-electron chi connectivity index (χ1n) is 15.6. The number of carbonyl (C=O) groups is 1. The quantitative estimate of drug-likeness (QED) is 0.316. The van der Waals surface area contributed by atoms with Gasteiger partial charge in [0.2, 0.25) is 20.0 Å². The Bertz CT molecular complexity index is 1930. The first-order valence-corrected chi connectivity index (χ1v) is 19.2. The summed E-state index contributed by atoms with van der Waals surface area (Å²) in [6.45, 7) is 4.51. The predicted molar refractivity (Wildman–Crippen MR) is 180 cm³/mol. The van der Waals surface area contributed by atoms with Crippen LogP contribution in [0.1, 0.15) is 50.2 Å². The Kier molecular flexibility index (Phi) is 9.28. The van der Waals surface area contributed by atoms with E-state index in [1.54, 1.807) is 17.9 Å². The van der Waals surface area contributed by atoms with Crippen LogP contribution >= 0.6 is 23.2 Å². The highest BCUT2D eigenvalue weighted by molar-refractivity contribution is 7.93. The largest absolute Gasteiger partial charge is 0.444 e. The van der Waals surface area contributed by atoms with Crippen LogP contribution in [0.4, 0.5) is 10.5 Å². The zero-order valence-corrected chi connectivity index (χ0v) is 29.3. The van der Waals surface area contributed by atoms with Crippen LogP contribution in [0.5, 0.6) is 0 Å². The van der Waals surface area contributed by atoms with E-state index in [4.69, 9.17) is 27.9 Å². The van der Waals surface area contributed by atoms with Crippen LogP contribution in [-0.4, -0.2) is 63.8 Å². The molecular weight excluding hydrogens is 683 g/mol. The van der Waals surface area contributed by atoms with Gasteiger partial charge in [-0.1, -0.05) is 58.6 Å². The second kappa shape index (κ2) is 12.8. The van der Waals surface area contributed by atoms with Gasteiger partial charge in [0.1, 0.15) is 16.9 Å². The van der Waals surface area contributed by atoms with Crippen molar-refractivity contribution >= 4 is 55.0 Å². The van der Waals surface area contributed by atoms with Crippen molar-refractivity contribution in [3.05, 3.63) is 80.2 Å². The molecule has 1 amide bonds. The molecule has 2 saturated heterocycles. The van der Waals surface area contributed by atoms with Crippen LogP contribution in [0.2, 0.25) is 10.0 Å². The normalized spacial score (nSPS) is 23.8. The van der Waals surface area contributed by atoms with Gasteiger partial charge in [-0.25, -0.2) is 21.6 Å². The molecule has 1 atom stereocenters. The van der Waals surface area contributed by atoms with Crippen molar-refractivity contribution in [3.63, 3.8) is 0 Å². The van der Waals surface area contributed by atoms with E-state index in [9.17, 15) is 26.9 Å². The molecule has 250 valence electrons. The number of hydrogen-bond acceptors (Lipinski definition) is 7. The highest BCUT2D eigenvalue weighted by Crippen LogP contribution is 2.52. The Labute approximate surface area is 286 Å². The Hall–Kier alpha value is -2.92. The molecule has 1 unspecified atom stereocenters. The Morgan fingerprint density at radius 1 is 0.894 bits per heavy atom. The van der Waals surface area contributed by atoms with E-state index in [1.165, 1.54) is 26.8 Å². The minimum atomic E-state index is -4.08. The molecule has 3 heterocycles. The van der Waals surface area contributed by atoms with E-state index in [0.717, 1.165) is 16.8 Å². The van der Waals surface area contributed by atoms with Crippen LogP contribution in [0.3, 0.4) is 0 Å². The maximum atomic E-state index is 14.4. The molecule has 6 rings (SSSR count). The highest BCUT2D eigenvalue weighted by Gasteiger charge is 2.53. The number of hydrogen-bond donors (Lipinski definition) is 0. The number of rotatable bonds is 6. The van der Waals surface area contributed by atoms with E-state index in [-0.39, 0.29) is 71.5 Å². The number of amides is 1. The molecule has 10 nitrogen and oxygen atoms in total. The van der Waals surface area contributed by atoms with E-state index in [0.29, 0.717) is 24.8 Å². The molecule has 2 aromatic carbocycles. The molecule has 14 heteroatoms. The first-order chi connectivity index (χ1) is 22.3. The van der Waals surface area contributed by atoms with Crippen molar-refractivity contribution in [2.24, 2.45) is 11.3 Å². The molecule has 2 aromatic rings. The van der Waals surface area contributed by atoms with Gasteiger partial charge in [-0.05, 0) is 76.1 Å². The number of nitriles is 1. The lowest BCUT2D eigenvalue weighted by Gasteiger charge is -2.45. The Balaban J connectivity index is 1.21. The van der Waals surface area contributed by atoms with Crippen molar-refractivity contribution in [2.45, 2.75) is 63.5 Å². The molecular formula is C33H36Cl2N4O6S2. The average Bonchev–Trinajstić information content (AvgIpc) is 3.06. The topological polar surface area (TPSA) is 128 Å². The second-order valence-corrected chi connectivity index (χ2v) is 17.2. The van der Waals surface area contributed by atoms with Crippen molar-refractivity contribution in [1.29, 1.82) is 5.26 Å². The lowest BCUT2D eigenvalue weighted by atomic mass is 9.65. The molecule has 0 N–H and O–H groups in total. The van der Waals surface area contributed by atoms with Crippen LogP contribution in [-0.2, 0) is 31.4 Å². The van der Waals surface area contributed by atoms with Gasteiger partial charge in [0.05, 0.1) is 21.7 Å². The summed E-state index contributed by atoms with van der Waals surface area (Å²) < 4.78 is 64.0. The van der Waals surface area contributed by atoms with Gasteiger partial charge >= 0.3 is 6.09 Å². The van der Waals surface area contributed by atoms with Gasteiger partial charge in [-0.15, -0.1) is 0 Å². The van der Waals surface area contributed by atoms with Gasteiger partial charge in [0.25, 0.3) is 0 Å². The molecule has 0 aromatic heterocycles. The van der Waals surface area contributed by atoms with Crippen LogP contribution < -0.4 is 4.90 Å². The second-order valence-electron chi connectivity index (χ2n) is 12.6. The minimum absolute atomic E-state index is 0.0587. The van der Waals surface area contributed by atoms with Crippen molar-refractivity contribution in [3.8, 4) is 6.07 Å². The Morgan fingerprint density at radius 3 is 2.23 bits per heavy atom. The summed E-state index contributed by atoms with van der Waals surface area (Å²) in [5.41, 5.74) is 1.98. The minimum Gasteiger partial charge on any atom is -0.444 e. The number of sulfonamides is 2. The summed E-state index contributed by atoms with van der Waals surface area (Å²) >= 11 is 12.3. The van der Waals surface area contributed by atoms with Crippen LogP contribution in [0, 0.1) is 29.6 Å². The fraction of sp³-hybridized carbons (Fsp3) is 0.455. The number of nitrogens with zero attached hydrogens (tertiary/aromatic N) is 4. The number of aryl methyl sites for hydroxylation is 1. The third kappa shape index (κ3) is 5.89. The summed E-state index contributed by atoms with van der Waals surface area (Å²) in [5, 5.41) is 11.1. The maximum Gasteiger partial charge on any atom is 0.414 e. The van der Waals surface area contributed by atoms with Crippen molar-refractivity contribution in [2.75, 3.05) is 31.1 Å². The van der Waals surface area contributed by atoms with Gasteiger partial charge in [0, 0.05) is 42.8 Å². The summed E-state index contributed by atoms with van der Waals surface area (Å²) in [6.07, 6.45) is 4.82. The van der Waals surface area contributed by atoms with Gasteiger partial charge in [0.15, 0.2) is 0 Å². The number of ether oxygens (including phenoxy) is 1. The van der Waals surface area contributed by atoms with E-state index in [1.807, 2.05) is 31.2 Å². The van der Waals surface area contributed by atoms with Gasteiger partial charge < -0.3 is 4.74 Å². The van der Waals surface area contributed by atoms with E-state index < -0.39 is 37.5 Å². The first kappa shape index (κ1) is 34.0. The number of anilines is 1. The molecule has 0 radical (unpaired) electrons. The van der Waals surface area contributed by atoms with Gasteiger partial charge in [-0.2, -0.15) is 13.9 Å². The lowest BCUT2D eigenvalue weighted by molar-refractivity contribution is 0.135. The summed E-state index contributed by atoms with van der Waals surface area (Å²) in [7, 11) is -8.05.